The number of hydrogen-bond acceptors (Lipinski definition) is 3. The second-order valence-corrected chi connectivity index (χ2v) is 9.06. The van der Waals surface area contributed by atoms with E-state index in [1.807, 2.05) is 46.8 Å². The molecule has 1 amide bonds. The van der Waals surface area contributed by atoms with Gasteiger partial charge in [0.15, 0.2) is 0 Å². The number of sulfonamides is 1. The Bertz CT molecular complexity index is 950. The van der Waals surface area contributed by atoms with Gasteiger partial charge in [-0.1, -0.05) is 32.0 Å². The highest BCUT2D eigenvalue weighted by Gasteiger charge is 2.21. The van der Waals surface area contributed by atoms with Crippen LogP contribution in [0.4, 0.5) is 5.69 Å². The Morgan fingerprint density at radius 3 is 2.19 bits per heavy atom. The van der Waals surface area contributed by atoms with Gasteiger partial charge in [0.1, 0.15) is 0 Å². The predicted octanol–water partition coefficient (Wildman–Crippen LogP) is 4.19. The second-order valence-electron chi connectivity index (χ2n) is 7.41. The van der Waals surface area contributed by atoms with Crippen LogP contribution in [0, 0.1) is 26.7 Å². The zero-order valence-corrected chi connectivity index (χ0v) is 17.6. The Balaban J connectivity index is 2.36. The van der Waals surface area contributed by atoms with E-state index in [1.165, 1.54) is 6.07 Å². The van der Waals surface area contributed by atoms with Crippen molar-refractivity contribution in [2.24, 2.45) is 5.92 Å². The van der Waals surface area contributed by atoms with Gasteiger partial charge in [-0.15, -0.1) is 0 Å². The van der Waals surface area contributed by atoms with Crippen LogP contribution in [0.3, 0.4) is 0 Å². The Labute approximate surface area is 162 Å². The van der Waals surface area contributed by atoms with Gasteiger partial charge < -0.3 is 5.32 Å². The maximum absolute atomic E-state index is 12.9. The van der Waals surface area contributed by atoms with Crippen molar-refractivity contribution in [1.29, 1.82) is 0 Å². The lowest BCUT2D eigenvalue weighted by atomic mass is 10.1. The standard InChI is InChI=1S/C21H28N2O3S/c1-13(2)17(6)22-21(24)18-10-9-16(5)20(12-18)27(25,26)23-19-11-14(3)7-8-15(19)4/h7-13,17,23H,1-6H3,(H,22,24). The van der Waals surface area contributed by atoms with E-state index in [2.05, 4.69) is 10.0 Å². The van der Waals surface area contributed by atoms with Crippen LogP contribution >= 0.6 is 0 Å². The third-order valence-electron chi connectivity index (χ3n) is 4.74. The normalized spacial score (nSPS) is 12.7. The van der Waals surface area contributed by atoms with Gasteiger partial charge in [-0.3, -0.25) is 9.52 Å². The van der Waals surface area contributed by atoms with Crippen LogP contribution in [-0.2, 0) is 10.0 Å². The third-order valence-corrected chi connectivity index (χ3v) is 6.24. The summed E-state index contributed by atoms with van der Waals surface area (Å²) < 4.78 is 28.5. The number of rotatable bonds is 6. The molecule has 0 saturated carbocycles. The van der Waals surface area contributed by atoms with Crippen molar-refractivity contribution in [2.75, 3.05) is 4.72 Å². The van der Waals surface area contributed by atoms with Crippen LogP contribution in [-0.4, -0.2) is 20.4 Å². The summed E-state index contributed by atoms with van der Waals surface area (Å²) in [4.78, 5) is 12.6. The Morgan fingerprint density at radius 2 is 1.56 bits per heavy atom. The molecule has 0 aliphatic carbocycles. The second kappa shape index (κ2) is 8.13. The van der Waals surface area contributed by atoms with Crippen LogP contribution in [0.25, 0.3) is 0 Å². The molecule has 1 atom stereocenters. The van der Waals surface area contributed by atoms with E-state index in [0.717, 1.165) is 11.1 Å². The predicted molar refractivity (Wildman–Crippen MR) is 110 cm³/mol. The summed E-state index contributed by atoms with van der Waals surface area (Å²) in [6.45, 7) is 11.4. The van der Waals surface area contributed by atoms with Crippen molar-refractivity contribution < 1.29 is 13.2 Å². The van der Waals surface area contributed by atoms with E-state index in [4.69, 9.17) is 0 Å². The molecule has 0 aliphatic rings. The van der Waals surface area contributed by atoms with Crippen molar-refractivity contribution in [3.63, 3.8) is 0 Å². The molecule has 1 unspecified atom stereocenters. The van der Waals surface area contributed by atoms with E-state index in [0.29, 0.717) is 16.8 Å². The molecule has 6 heteroatoms. The summed E-state index contributed by atoms with van der Waals surface area (Å²) in [6, 6.07) is 10.3. The summed E-state index contributed by atoms with van der Waals surface area (Å²) in [7, 11) is -3.81. The molecule has 0 bridgehead atoms. The van der Waals surface area contributed by atoms with Crippen molar-refractivity contribution in [2.45, 2.75) is 52.5 Å². The van der Waals surface area contributed by atoms with E-state index in [9.17, 15) is 13.2 Å². The topological polar surface area (TPSA) is 75.3 Å². The largest absolute Gasteiger partial charge is 0.349 e. The number of anilines is 1. The van der Waals surface area contributed by atoms with Crippen molar-refractivity contribution in [3.05, 3.63) is 58.7 Å². The van der Waals surface area contributed by atoms with Crippen LogP contribution in [0.15, 0.2) is 41.3 Å². The highest BCUT2D eigenvalue weighted by Crippen LogP contribution is 2.24. The number of carbonyl (C=O) groups excluding carboxylic acids is 1. The molecule has 2 N–H and O–H groups in total. The minimum absolute atomic E-state index is 0.00747. The number of hydrogen-bond donors (Lipinski definition) is 2. The van der Waals surface area contributed by atoms with Gasteiger partial charge in [0.2, 0.25) is 0 Å². The first-order chi connectivity index (χ1) is 12.5. The van der Waals surface area contributed by atoms with Crippen molar-refractivity contribution in [3.8, 4) is 0 Å². The number of amides is 1. The molecule has 0 fully saturated rings. The van der Waals surface area contributed by atoms with Crippen molar-refractivity contribution >= 4 is 21.6 Å². The fourth-order valence-electron chi connectivity index (χ4n) is 2.53. The fourth-order valence-corrected chi connectivity index (χ4v) is 3.93. The molecule has 0 aromatic heterocycles. The third kappa shape index (κ3) is 5.10. The van der Waals surface area contributed by atoms with Gasteiger partial charge in [0.25, 0.3) is 15.9 Å². The number of nitrogens with one attached hydrogen (secondary N) is 2. The van der Waals surface area contributed by atoms with E-state index in [1.54, 1.807) is 25.1 Å². The maximum Gasteiger partial charge on any atom is 0.262 e. The average molecular weight is 389 g/mol. The molecule has 2 rings (SSSR count). The number of aryl methyl sites for hydroxylation is 3. The maximum atomic E-state index is 12.9. The summed E-state index contributed by atoms with van der Waals surface area (Å²) in [5.41, 5.74) is 3.25. The highest BCUT2D eigenvalue weighted by atomic mass is 32.2. The van der Waals surface area contributed by atoms with Gasteiger partial charge >= 0.3 is 0 Å². The van der Waals surface area contributed by atoms with Gasteiger partial charge in [-0.25, -0.2) is 8.42 Å². The van der Waals surface area contributed by atoms with E-state index < -0.39 is 10.0 Å². The molecule has 5 nitrogen and oxygen atoms in total. The molecular formula is C21H28N2O3S. The minimum atomic E-state index is -3.81. The quantitative estimate of drug-likeness (QED) is 0.779. The summed E-state index contributed by atoms with van der Waals surface area (Å²) in [6.07, 6.45) is 0. The van der Waals surface area contributed by atoms with Crippen molar-refractivity contribution in [1.82, 2.24) is 5.32 Å². The summed E-state index contributed by atoms with van der Waals surface area (Å²) in [5.74, 6) is 0.00736. The number of benzene rings is 2. The minimum Gasteiger partial charge on any atom is -0.349 e. The molecule has 2 aromatic rings. The van der Waals surface area contributed by atoms with E-state index in [-0.39, 0.29) is 22.8 Å². The lowest BCUT2D eigenvalue weighted by Crippen LogP contribution is -2.36. The molecule has 2 aromatic carbocycles. The molecule has 0 heterocycles. The monoisotopic (exact) mass is 388 g/mol. The first-order valence-electron chi connectivity index (χ1n) is 9.03. The lowest BCUT2D eigenvalue weighted by molar-refractivity contribution is 0.0930. The van der Waals surface area contributed by atoms with Crippen LogP contribution in [0.1, 0.15) is 47.8 Å². The molecule has 0 radical (unpaired) electrons. The first-order valence-corrected chi connectivity index (χ1v) is 10.5. The molecule has 0 aliphatic heterocycles. The molecular weight excluding hydrogens is 360 g/mol. The smallest absolute Gasteiger partial charge is 0.262 e. The molecule has 0 saturated heterocycles. The van der Waals surface area contributed by atoms with Gasteiger partial charge in [-0.2, -0.15) is 0 Å². The van der Waals surface area contributed by atoms with E-state index >= 15 is 0 Å². The van der Waals surface area contributed by atoms with Gasteiger partial charge in [0.05, 0.1) is 10.6 Å². The van der Waals surface area contributed by atoms with Gasteiger partial charge in [0, 0.05) is 11.6 Å². The first kappa shape index (κ1) is 21.0. The fraction of sp³-hybridized carbons (Fsp3) is 0.381. The average Bonchev–Trinajstić information content (AvgIpc) is 2.57. The zero-order chi connectivity index (χ0) is 20.4. The lowest BCUT2D eigenvalue weighted by Gasteiger charge is -2.18. The van der Waals surface area contributed by atoms with Crippen LogP contribution < -0.4 is 10.0 Å². The zero-order valence-electron chi connectivity index (χ0n) is 16.8. The number of carbonyl (C=O) groups is 1. The SMILES string of the molecule is Cc1ccc(C)c(NS(=O)(=O)c2cc(C(=O)NC(C)C(C)C)ccc2C)c1. The summed E-state index contributed by atoms with van der Waals surface area (Å²) >= 11 is 0. The van der Waals surface area contributed by atoms with Crippen LogP contribution in [0.2, 0.25) is 0 Å². The van der Waals surface area contributed by atoms with Gasteiger partial charge in [-0.05, 0) is 68.5 Å². The highest BCUT2D eigenvalue weighted by molar-refractivity contribution is 7.92. The van der Waals surface area contributed by atoms with Crippen LogP contribution in [0.5, 0.6) is 0 Å². The Kier molecular flexibility index (Phi) is 6.31. The molecule has 146 valence electrons. The Hall–Kier alpha value is -2.34. The Morgan fingerprint density at radius 1 is 0.926 bits per heavy atom. The summed E-state index contributed by atoms with van der Waals surface area (Å²) in [5, 5.41) is 2.91. The molecule has 0 spiro atoms. The molecule has 27 heavy (non-hydrogen) atoms.